The van der Waals surface area contributed by atoms with Crippen LogP contribution in [0, 0.1) is 5.92 Å². The van der Waals surface area contributed by atoms with E-state index < -0.39 is 0 Å². The first-order valence-electron chi connectivity index (χ1n) is 6.93. The third kappa shape index (κ3) is 2.63. The number of nitrogens with zero attached hydrogens (tertiary/aromatic N) is 1. The predicted octanol–water partition coefficient (Wildman–Crippen LogP) is 2.89. The normalized spacial score (nSPS) is 18.2. The Kier molecular flexibility index (Phi) is 3.06. The second kappa shape index (κ2) is 4.69. The highest BCUT2D eigenvalue weighted by molar-refractivity contribution is 5.56. The van der Waals surface area contributed by atoms with Gasteiger partial charge in [0.15, 0.2) is 0 Å². The van der Waals surface area contributed by atoms with Crippen molar-refractivity contribution in [1.29, 1.82) is 0 Å². The number of anilines is 1. The molecular formula is C15H22N2. The maximum atomic E-state index is 3.42. The number of benzene rings is 1. The van der Waals surface area contributed by atoms with Crippen LogP contribution in [0.3, 0.4) is 0 Å². The summed E-state index contributed by atoms with van der Waals surface area (Å²) in [5, 5.41) is 3.42. The highest BCUT2D eigenvalue weighted by atomic mass is 15.1. The highest BCUT2D eigenvalue weighted by Gasteiger charge is 2.23. The lowest BCUT2D eigenvalue weighted by molar-refractivity contribution is 0.268. The molecule has 0 radical (unpaired) electrons. The van der Waals surface area contributed by atoms with Gasteiger partial charge in [-0.25, -0.2) is 0 Å². The van der Waals surface area contributed by atoms with Gasteiger partial charge in [0, 0.05) is 25.3 Å². The van der Waals surface area contributed by atoms with Gasteiger partial charge in [-0.15, -0.1) is 0 Å². The molecule has 1 aliphatic heterocycles. The Labute approximate surface area is 104 Å². The largest absolute Gasteiger partial charge is 0.384 e. The molecule has 0 aromatic heterocycles. The summed E-state index contributed by atoms with van der Waals surface area (Å²) < 4.78 is 0. The second-order valence-electron chi connectivity index (χ2n) is 5.44. The zero-order valence-corrected chi connectivity index (χ0v) is 10.7. The SMILES string of the molecule is CCN(Cc1ccc2c(c1)CCN2)CC1CC1. The lowest BCUT2D eigenvalue weighted by atomic mass is 10.1. The summed E-state index contributed by atoms with van der Waals surface area (Å²) in [4.78, 5) is 2.59. The first-order chi connectivity index (χ1) is 8.35. The maximum Gasteiger partial charge on any atom is 0.0373 e. The van der Waals surface area contributed by atoms with Crippen LogP contribution in [0.15, 0.2) is 18.2 Å². The van der Waals surface area contributed by atoms with E-state index in [9.17, 15) is 0 Å². The van der Waals surface area contributed by atoms with Gasteiger partial charge in [-0.2, -0.15) is 0 Å². The summed E-state index contributed by atoms with van der Waals surface area (Å²) in [6.07, 6.45) is 4.09. The van der Waals surface area contributed by atoms with E-state index >= 15 is 0 Å². The molecule has 0 saturated heterocycles. The Balaban J connectivity index is 1.66. The van der Waals surface area contributed by atoms with Crippen LogP contribution < -0.4 is 5.32 Å². The van der Waals surface area contributed by atoms with Crippen LogP contribution in [0.1, 0.15) is 30.9 Å². The third-order valence-electron chi connectivity index (χ3n) is 3.95. The molecule has 1 fully saturated rings. The van der Waals surface area contributed by atoms with E-state index in [1.54, 1.807) is 0 Å². The predicted molar refractivity (Wildman–Crippen MR) is 72.3 cm³/mol. The minimum Gasteiger partial charge on any atom is -0.384 e. The van der Waals surface area contributed by atoms with Gasteiger partial charge in [-0.1, -0.05) is 19.1 Å². The number of hydrogen-bond donors (Lipinski definition) is 1. The minimum atomic E-state index is 0.992. The molecule has 3 rings (SSSR count). The molecule has 1 saturated carbocycles. The van der Waals surface area contributed by atoms with Crippen LogP contribution in [0.5, 0.6) is 0 Å². The molecule has 0 atom stereocenters. The van der Waals surface area contributed by atoms with Gasteiger partial charge >= 0.3 is 0 Å². The molecular weight excluding hydrogens is 208 g/mol. The summed E-state index contributed by atoms with van der Waals surface area (Å²) in [5.74, 6) is 0.992. The van der Waals surface area contributed by atoms with Crippen molar-refractivity contribution in [3.63, 3.8) is 0 Å². The van der Waals surface area contributed by atoms with E-state index in [0.29, 0.717) is 0 Å². The molecule has 2 nitrogen and oxygen atoms in total. The second-order valence-corrected chi connectivity index (χ2v) is 5.44. The molecule has 1 aromatic rings. The first-order valence-corrected chi connectivity index (χ1v) is 6.93. The Bertz CT molecular complexity index is 396. The molecule has 1 aliphatic carbocycles. The smallest absolute Gasteiger partial charge is 0.0373 e. The fraction of sp³-hybridized carbons (Fsp3) is 0.600. The van der Waals surface area contributed by atoms with Crippen LogP contribution in [0.2, 0.25) is 0 Å². The Morgan fingerprint density at radius 1 is 1.35 bits per heavy atom. The van der Waals surface area contributed by atoms with Crippen molar-refractivity contribution in [2.24, 2.45) is 5.92 Å². The van der Waals surface area contributed by atoms with Crippen molar-refractivity contribution in [1.82, 2.24) is 4.90 Å². The Morgan fingerprint density at radius 3 is 3.00 bits per heavy atom. The van der Waals surface area contributed by atoms with E-state index in [0.717, 1.165) is 19.0 Å². The van der Waals surface area contributed by atoms with Crippen molar-refractivity contribution < 1.29 is 0 Å². The zero-order chi connectivity index (χ0) is 11.7. The van der Waals surface area contributed by atoms with Crippen molar-refractivity contribution in [3.8, 4) is 0 Å². The topological polar surface area (TPSA) is 15.3 Å². The average Bonchev–Trinajstić information content (AvgIpc) is 3.04. The van der Waals surface area contributed by atoms with Crippen molar-refractivity contribution in [2.75, 3.05) is 25.0 Å². The quantitative estimate of drug-likeness (QED) is 0.836. The van der Waals surface area contributed by atoms with Crippen LogP contribution in [0.25, 0.3) is 0 Å². The molecule has 2 aliphatic rings. The molecule has 0 bridgehead atoms. The van der Waals surface area contributed by atoms with Gasteiger partial charge in [-0.05, 0) is 48.9 Å². The van der Waals surface area contributed by atoms with E-state index in [4.69, 9.17) is 0 Å². The molecule has 0 spiro atoms. The van der Waals surface area contributed by atoms with E-state index in [1.807, 2.05) is 0 Å². The molecule has 0 unspecified atom stereocenters. The van der Waals surface area contributed by atoms with Gasteiger partial charge in [0.25, 0.3) is 0 Å². The van der Waals surface area contributed by atoms with Crippen LogP contribution in [-0.2, 0) is 13.0 Å². The van der Waals surface area contributed by atoms with E-state index in [-0.39, 0.29) is 0 Å². The van der Waals surface area contributed by atoms with Crippen LogP contribution >= 0.6 is 0 Å². The average molecular weight is 230 g/mol. The van der Waals surface area contributed by atoms with Gasteiger partial charge in [0.2, 0.25) is 0 Å². The number of fused-ring (bicyclic) bond motifs is 1. The lowest BCUT2D eigenvalue weighted by Gasteiger charge is -2.20. The Hall–Kier alpha value is -1.02. The standard InChI is InChI=1S/C15H22N2/c1-2-17(10-12-3-4-12)11-13-5-6-15-14(9-13)7-8-16-15/h5-6,9,12,16H,2-4,7-8,10-11H2,1H3. The van der Waals surface area contributed by atoms with Gasteiger partial charge < -0.3 is 5.32 Å². The van der Waals surface area contributed by atoms with Crippen LogP contribution in [0.4, 0.5) is 5.69 Å². The third-order valence-corrected chi connectivity index (χ3v) is 3.95. The van der Waals surface area contributed by atoms with Gasteiger partial charge in [0.1, 0.15) is 0 Å². The lowest BCUT2D eigenvalue weighted by Crippen LogP contribution is -2.25. The summed E-state index contributed by atoms with van der Waals surface area (Å²) in [6, 6.07) is 6.93. The molecule has 92 valence electrons. The van der Waals surface area contributed by atoms with Crippen molar-refractivity contribution >= 4 is 5.69 Å². The number of hydrogen-bond acceptors (Lipinski definition) is 2. The van der Waals surface area contributed by atoms with Crippen LogP contribution in [-0.4, -0.2) is 24.5 Å². The highest BCUT2D eigenvalue weighted by Crippen LogP contribution is 2.30. The monoisotopic (exact) mass is 230 g/mol. The molecule has 1 aromatic carbocycles. The van der Waals surface area contributed by atoms with E-state index in [2.05, 4.69) is 35.3 Å². The number of nitrogens with one attached hydrogen (secondary N) is 1. The maximum absolute atomic E-state index is 3.42. The van der Waals surface area contributed by atoms with Crippen molar-refractivity contribution in [2.45, 2.75) is 32.7 Å². The Morgan fingerprint density at radius 2 is 2.24 bits per heavy atom. The summed E-state index contributed by atoms with van der Waals surface area (Å²) in [7, 11) is 0. The zero-order valence-electron chi connectivity index (χ0n) is 10.7. The molecule has 0 amide bonds. The minimum absolute atomic E-state index is 0.992. The first kappa shape index (κ1) is 11.1. The molecule has 17 heavy (non-hydrogen) atoms. The molecule has 1 N–H and O–H groups in total. The van der Waals surface area contributed by atoms with Gasteiger partial charge in [0.05, 0.1) is 0 Å². The summed E-state index contributed by atoms with van der Waals surface area (Å²) >= 11 is 0. The van der Waals surface area contributed by atoms with E-state index in [1.165, 1.54) is 49.2 Å². The van der Waals surface area contributed by atoms with Crippen molar-refractivity contribution in [3.05, 3.63) is 29.3 Å². The summed E-state index contributed by atoms with van der Waals surface area (Å²) in [5.41, 5.74) is 4.33. The number of rotatable bonds is 5. The molecule has 2 heteroatoms. The fourth-order valence-electron chi connectivity index (χ4n) is 2.69. The molecule has 1 heterocycles. The summed E-state index contributed by atoms with van der Waals surface area (Å²) in [6.45, 7) is 6.98. The van der Waals surface area contributed by atoms with Gasteiger partial charge in [-0.3, -0.25) is 4.90 Å². The fourth-order valence-corrected chi connectivity index (χ4v) is 2.69.